The van der Waals surface area contributed by atoms with Crippen molar-refractivity contribution in [2.24, 2.45) is 0 Å². The van der Waals surface area contributed by atoms with Crippen molar-refractivity contribution >= 4 is 11.9 Å². The Balaban J connectivity index is 1.90. The van der Waals surface area contributed by atoms with Crippen LogP contribution < -0.4 is 0 Å². The summed E-state index contributed by atoms with van der Waals surface area (Å²) in [6.07, 6.45) is 4.56. The van der Waals surface area contributed by atoms with Crippen molar-refractivity contribution in [1.82, 2.24) is 4.90 Å². The zero-order chi connectivity index (χ0) is 15.1. The smallest absolute Gasteiger partial charge is 0.307 e. The van der Waals surface area contributed by atoms with Gasteiger partial charge in [0.05, 0.1) is 13.5 Å². The van der Waals surface area contributed by atoms with Gasteiger partial charge in [0.15, 0.2) is 0 Å². The summed E-state index contributed by atoms with van der Waals surface area (Å²) in [4.78, 5) is 25.8. The van der Waals surface area contributed by atoms with Crippen LogP contribution in [0.4, 0.5) is 0 Å². The van der Waals surface area contributed by atoms with Gasteiger partial charge in [0.25, 0.3) is 0 Å². The second kappa shape index (κ2) is 7.81. The Morgan fingerprint density at radius 1 is 1.24 bits per heavy atom. The Bertz CT molecular complexity index is 472. The van der Waals surface area contributed by atoms with E-state index in [9.17, 15) is 9.59 Å². The van der Waals surface area contributed by atoms with Gasteiger partial charge in [-0.15, -0.1) is 0 Å². The highest BCUT2D eigenvalue weighted by Crippen LogP contribution is 2.21. The molecule has 114 valence electrons. The van der Waals surface area contributed by atoms with E-state index >= 15 is 0 Å². The zero-order valence-electron chi connectivity index (χ0n) is 12.6. The summed E-state index contributed by atoms with van der Waals surface area (Å²) in [5.41, 5.74) is 1.17. The van der Waals surface area contributed by atoms with Gasteiger partial charge in [-0.25, -0.2) is 0 Å². The third kappa shape index (κ3) is 4.59. The molecule has 0 bridgehead atoms. The van der Waals surface area contributed by atoms with Gasteiger partial charge in [0.1, 0.15) is 0 Å². The van der Waals surface area contributed by atoms with Crippen molar-refractivity contribution in [3.05, 3.63) is 35.9 Å². The summed E-state index contributed by atoms with van der Waals surface area (Å²) in [5.74, 6) is -0.0878. The number of piperidine rings is 1. The van der Waals surface area contributed by atoms with Gasteiger partial charge in [-0.05, 0) is 31.2 Å². The first-order chi connectivity index (χ1) is 10.2. The average Bonchev–Trinajstić information content (AvgIpc) is 2.54. The van der Waals surface area contributed by atoms with Crippen molar-refractivity contribution in [2.45, 2.75) is 44.6 Å². The molecule has 21 heavy (non-hydrogen) atoms. The number of hydrogen-bond acceptors (Lipinski definition) is 3. The monoisotopic (exact) mass is 289 g/mol. The summed E-state index contributed by atoms with van der Waals surface area (Å²) < 4.78 is 4.73. The van der Waals surface area contributed by atoms with Crippen molar-refractivity contribution < 1.29 is 14.3 Å². The van der Waals surface area contributed by atoms with Crippen LogP contribution in [0.15, 0.2) is 30.3 Å². The highest BCUT2D eigenvalue weighted by molar-refractivity contribution is 5.78. The summed E-state index contributed by atoms with van der Waals surface area (Å²) in [6, 6.07) is 10.0. The number of likely N-dealkylation sites (tertiary alicyclic amines) is 1. The molecule has 1 aromatic rings. The summed E-state index contributed by atoms with van der Waals surface area (Å²) in [7, 11) is 1.40. The lowest BCUT2D eigenvalue weighted by molar-refractivity contribution is -0.144. The first kappa shape index (κ1) is 15.5. The number of esters is 1. The van der Waals surface area contributed by atoms with Crippen LogP contribution in [0, 0.1) is 0 Å². The maximum atomic E-state index is 12.4. The van der Waals surface area contributed by atoms with Crippen LogP contribution in [0.5, 0.6) is 0 Å². The standard InChI is InChI=1S/C17H23NO3/c1-21-17(20)13-15-9-5-6-12-18(15)16(19)11-10-14-7-3-2-4-8-14/h2-4,7-8,15H,5-6,9-13H2,1H3. The quantitative estimate of drug-likeness (QED) is 0.783. The third-order valence-corrected chi connectivity index (χ3v) is 4.05. The van der Waals surface area contributed by atoms with E-state index in [1.165, 1.54) is 12.7 Å². The Labute approximate surface area is 126 Å². The number of carbonyl (C=O) groups excluding carboxylic acids is 2. The van der Waals surface area contributed by atoms with Crippen LogP contribution in [-0.4, -0.2) is 36.5 Å². The van der Waals surface area contributed by atoms with Gasteiger partial charge in [0.2, 0.25) is 5.91 Å². The number of aryl methyl sites for hydroxylation is 1. The van der Waals surface area contributed by atoms with Gasteiger partial charge in [-0.1, -0.05) is 30.3 Å². The number of rotatable bonds is 5. The molecule has 1 aromatic carbocycles. The fourth-order valence-electron chi connectivity index (χ4n) is 2.86. The number of benzene rings is 1. The number of methoxy groups -OCH3 is 1. The maximum Gasteiger partial charge on any atom is 0.307 e. The summed E-state index contributed by atoms with van der Waals surface area (Å²) in [5, 5.41) is 0. The number of nitrogens with zero attached hydrogens (tertiary/aromatic N) is 1. The lowest BCUT2D eigenvalue weighted by Crippen LogP contribution is -2.45. The Morgan fingerprint density at radius 3 is 2.71 bits per heavy atom. The van der Waals surface area contributed by atoms with E-state index in [4.69, 9.17) is 4.74 Å². The molecule has 1 amide bonds. The molecule has 2 rings (SSSR count). The van der Waals surface area contributed by atoms with Gasteiger partial charge in [0, 0.05) is 19.0 Å². The fourth-order valence-corrected chi connectivity index (χ4v) is 2.86. The SMILES string of the molecule is COC(=O)CC1CCCCN1C(=O)CCc1ccccc1. The first-order valence-corrected chi connectivity index (χ1v) is 7.61. The molecule has 0 spiro atoms. The molecule has 1 heterocycles. The predicted molar refractivity (Wildman–Crippen MR) is 80.7 cm³/mol. The van der Waals surface area contributed by atoms with Gasteiger partial charge < -0.3 is 9.64 Å². The van der Waals surface area contributed by atoms with Crippen LogP contribution in [0.3, 0.4) is 0 Å². The molecule has 0 radical (unpaired) electrons. The number of hydrogen-bond donors (Lipinski definition) is 0. The molecule has 1 aliphatic heterocycles. The van der Waals surface area contributed by atoms with E-state index in [-0.39, 0.29) is 17.9 Å². The van der Waals surface area contributed by atoms with Crippen molar-refractivity contribution in [3.63, 3.8) is 0 Å². The molecule has 0 aromatic heterocycles. The van der Waals surface area contributed by atoms with E-state index in [0.717, 1.165) is 32.2 Å². The predicted octanol–water partition coefficient (Wildman–Crippen LogP) is 2.56. The molecule has 1 aliphatic rings. The minimum atomic E-state index is -0.234. The average molecular weight is 289 g/mol. The van der Waals surface area contributed by atoms with Crippen molar-refractivity contribution in [1.29, 1.82) is 0 Å². The minimum absolute atomic E-state index is 0.00877. The largest absolute Gasteiger partial charge is 0.469 e. The van der Waals surface area contributed by atoms with Crippen molar-refractivity contribution in [2.75, 3.05) is 13.7 Å². The zero-order valence-corrected chi connectivity index (χ0v) is 12.6. The Hall–Kier alpha value is -1.84. The molecule has 1 unspecified atom stereocenters. The van der Waals surface area contributed by atoms with E-state index in [2.05, 4.69) is 0 Å². The maximum absolute atomic E-state index is 12.4. The molecule has 0 saturated carbocycles. The molecular weight excluding hydrogens is 266 g/mol. The minimum Gasteiger partial charge on any atom is -0.469 e. The van der Waals surface area contributed by atoms with Crippen LogP contribution in [0.2, 0.25) is 0 Å². The molecule has 0 aliphatic carbocycles. The second-order valence-corrected chi connectivity index (χ2v) is 5.50. The summed E-state index contributed by atoms with van der Waals surface area (Å²) >= 11 is 0. The van der Waals surface area contributed by atoms with Crippen LogP contribution in [-0.2, 0) is 20.7 Å². The number of amides is 1. The van der Waals surface area contributed by atoms with Crippen LogP contribution in [0.1, 0.15) is 37.7 Å². The van der Waals surface area contributed by atoms with Crippen molar-refractivity contribution in [3.8, 4) is 0 Å². The number of ether oxygens (including phenoxy) is 1. The molecule has 1 saturated heterocycles. The lowest BCUT2D eigenvalue weighted by atomic mass is 9.98. The normalized spacial score (nSPS) is 18.3. The molecule has 1 atom stereocenters. The van der Waals surface area contributed by atoms with E-state index in [0.29, 0.717) is 12.8 Å². The van der Waals surface area contributed by atoms with E-state index in [1.807, 2.05) is 35.2 Å². The van der Waals surface area contributed by atoms with E-state index in [1.54, 1.807) is 0 Å². The molecule has 4 heteroatoms. The second-order valence-electron chi connectivity index (χ2n) is 5.50. The molecule has 0 N–H and O–H groups in total. The van der Waals surface area contributed by atoms with Gasteiger partial charge in [-0.3, -0.25) is 9.59 Å². The Morgan fingerprint density at radius 2 is 2.00 bits per heavy atom. The van der Waals surface area contributed by atoms with Crippen LogP contribution in [0.25, 0.3) is 0 Å². The highest BCUT2D eigenvalue weighted by Gasteiger charge is 2.28. The molecule has 4 nitrogen and oxygen atoms in total. The summed E-state index contributed by atoms with van der Waals surface area (Å²) in [6.45, 7) is 0.759. The topological polar surface area (TPSA) is 46.6 Å². The number of carbonyl (C=O) groups is 2. The fraction of sp³-hybridized carbons (Fsp3) is 0.529. The van der Waals surface area contributed by atoms with Gasteiger partial charge in [-0.2, -0.15) is 0 Å². The van der Waals surface area contributed by atoms with E-state index < -0.39 is 0 Å². The highest BCUT2D eigenvalue weighted by atomic mass is 16.5. The third-order valence-electron chi connectivity index (χ3n) is 4.05. The lowest BCUT2D eigenvalue weighted by Gasteiger charge is -2.35. The Kier molecular flexibility index (Phi) is 5.78. The molecular formula is C17H23NO3. The first-order valence-electron chi connectivity index (χ1n) is 7.61. The van der Waals surface area contributed by atoms with Gasteiger partial charge >= 0.3 is 5.97 Å². The molecule has 1 fully saturated rings. The van der Waals surface area contributed by atoms with Crippen LogP contribution >= 0.6 is 0 Å².